The normalized spacial score (nSPS) is 10.5. The van der Waals surface area contributed by atoms with Crippen LogP contribution in [0.25, 0.3) is 11.5 Å². The molecule has 3 rings (SSSR count). The predicted octanol–water partition coefficient (Wildman–Crippen LogP) is 0.543. The molecule has 0 spiro atoms. The molecule has 112 valence electrons. The van der Waals surface area contributed by atoms with Gasteiger partial charge in [0.1, 0.15) is 5.69 Å². The van der Waals surface area contributed by atoms with Gasteiger partial charge < -0.3 is 14.4 Å². The molecular weight excluding hydrogens is 286 g/mol. The molecule has 0 aliphatic heterocycles. The first-order chi connectivity index (χ1) is 10.8. The van der Waals surface area contributed by atoms with E-state index in [0.717, 1.165) is 13.0 Å². The Hall–Kier alpha value is -3.10. The zero-order valence-electron chi connectivity index (χ0n) is 11.6. The number of amides is 1. The lowest BCUT2D eigenvalue weighted by Crippen LogP contribution is -2.25. The second kappa shape index (κ2) is 6.57. The van der Waals surface area contributed by atoms with E-state index in [9.17, 15) is 4.79 Å². The Balaban J connectivity index is 1.51. The van der Waals surface area contributed by atoms with Gasteiger partial charge in [-0.1, -0.05) is 5.16 Å². The average molecular weight is 299 g/mol. The van der Waals surface area contributed by atoms with Gasteiger partial charge in [0.15, 0.2) is 0 Å². The summed E-state index contributed by atoms with van der Waals surface area (Å²) in [6, 6.07) is 0. The highest BCUT2D eigenvalue weighted by Gasteiger charge is 2.16. The Morgan fingerprint density at radius 2 is 2.23 bits per heavy atom. The number of hydrogen-bond donors (Lipinski definition) is 1. The van der Waals surface area contributed by atoms with Crippen molar-refractivity contribution in [3.05, 3.63) is 43.2 Å². The summed E-state index contributed by atoms with van der Waals surface area (Å²) >= 11 is 0. The minimum Gasteiger partial charge on any atom is -0.348 e. The lowest BCUT2D eigenvalue weighted by atomic mass is 10.4. The van der Waals surface area contributed by atoms with Gasteiger partial charge in [0, 0.05) is 37.9 Å². The van der Waals surface area contributed by atoms with Crippen LogP contribution in [-0.4, -0.2) is 42.1 Å². The quantitative estimate of drug-likeness (QED) is 0.661. The summed E-state index contributed by atoms with van der Waals surface area (Å²) in [6.07, 6.45) is 10.6. The Bertz CT molecular complexity index is 724. The van der Waals surface area contributed by atoms with E-state index in [2.05, 4.69) is 30.4 Å². The number of aromatic nitrogens is 6. The molecule has 3 heterocycles. The lowest BCUT2D eigenvalue weighted by Gasteiger charge is -2.02. The van der Waals surface area contributed by atoms with E-state index in [-0.39, 0.29) is 11.7 Å². The molecular formula is C13H13N7O2. The number of nitrogens with one attached hydrogen (secondary N) is 1. The topological polar surface area (TPSA) is 112 Å². The summed E-state index contributed by atoms with van der Waals surface area (Å²) in [5.41, 5.74) is 0.449. The summed E-state index contributed by atoms with van der Waals surface area (Å²) in [4.78, 5) is 27.8. The van der Waals surface area contributed by atoms with E-state index in [1.807, 2.05) is 10.8 Å². The second-order valence-corrected chi connectivity index (χ2v) is 4.42. The van der Waals surface area contributed by atoms with E-state index in [1.165, 1.54) is 18.6 Å². The van der Waals surface area contributed by atoms with Crippen molar-refractivity contribution in [2.24, 2.45) is 0 Å². The molecule has 0 aliphatic rings. The fourth-order valence-electron chi connectivity index (χ4n) is 1.79. The Kier molecular flexibility index (Phi) is 4.14. The third-order valence-electron chi connectivity index (χ3n) is 2.85. The van der Waals surface area contributed by atoms with E-state index >= 15 is 0 Å². The Morgan fingerprint density at radius 3 is 3.00 bits per heavy atom. The zero-order chi connectivity index (χ0) is 15.2. The molecule has 0 unspecified atom stereocenters. The van der Waals surface area contributed by atoms with Crippen LogP contribution in [-0.2, 0) is 6.54 Å². The number of carbonyl (C=O) groups excluding carboxylic acids is 1. The highest BCUT2D eigenvalue weighted by atomic mass is 16.5. The van der Waals surface area contributed by atoms with E-state index in [1.54, 1.807) is 12.5 Å². The fraction of sp³-hybridized carbons (Fsp3) is 0.231. The number of carbonyl (C=O) groups is 1. The molecule has 0 fully saturated rings. The molecule has 3 aromatic rings. The van der Waals surface area contributed by atoms with Crippen LogP contribution < -0.4 is 5.32 Å². The molecule has 0 aromatic carbocycles. The molecule has 9 nitrogen and oxygen atoms in total. The largest absolute Gasteiger partial charge is 0.348 e. The first-order valence-corrected chi connectivity index (χ1v) is 6.67. The smallest absolute Gasteiger partial charge is 0.316 e. The van der Waals surface area contributed by atoms with Crippen molar-refractivity contribution in [3.8, 4) is 11.5 Å². The molecule has 0 radical (unpaired) electrons. The van der Waals surface area contributed by atoms with Crippen molar-refractivity contribution in [1.82, 2.24) is 35.0 Å². The van der Waals surface area contributed by atoms with Crippen molar-refractivity contribution in [3.63, 3.8) is 0 Å². The monoisotopic (exact) mass is 299 g/mol. The predicted molar refractivity (Wildman–Crippen MR) is 74.5 cm³/mol. The van der Waals surface area contributed by atoms with Crippen molar-refractivity contribution in [1.29, 1.82) is 0 Å². The molecule has 0 bridgehead atoms. The maximum atomic E-state index is 11.9. The van der Waals surface area contributed by atoms with E-state index in [4.69, 9.17) is 4.52 Å². The van der Waals surface area contributed by atoms with Gasteiger partial charge in [0.05, 0.1) is 12.5 Å². The number of rotatable bonds is 6. The number of nitrogens with zero attached hydrogens (tertiary/aromatic N) is 6. The minimum absolute atomic E-state index is 0.0942. The van der Waals surface area contributed by atoms with Gasteiger partial charge in [0.25, 0.3) is 0 Å². The van der Waals surface area contributed by atoms with Gasteiger partial charge in [-0.3, -0.25) is 9.78 Å². The van der Waals surface area contributed by atoms with Crippen molar-refractivity contribution in [2.45, 2.75) is 13.0 Å². The van der Waals surface area contributed by atoms with Crippen LogP contribution in [0.3, 0.4) is 0 Å². The Morgan fingerprint density at radius 1 is 1.27 bits per heavy atom. The van der Waals surface area contributed by atoms with Crippen LogP contribution in [0, 0.1) is 0 Å². The molecule has 0 aliphatic carbocycles. The van der Waals surface area contributed by atoms with Gasteiger partial charge in [-0.05, 0) is 6.42 Å². The van der Waals surface area contributed by atoms with Crippen LogP contribution in [0.15, 0.2) is 41.8 Å². The minimum atomic E-state index is -0.409. The lowest BCUT2D eigenvalue weighted by molar-refractivity contribution is 0.0909. The number of aryl methyl sites for hydroxylation is 1. The highest BCUT2D eigenvalue weighted by Crippen LogP contribution is 2.10. The van der Waals surface area contributed by atoms with Crippen molar-refractivity contribution < 1.29 is 9.32 Å². The van der Waals surface area contributed by atoms with Crippen LogP contribution in [0.2, 0.25) is 0 Å². The van der Waals surface area contributed by atoms with Gasteiger partial charge >= 0.3 is 11.8 Å². The SMILES string of the molecule is O=C(NCCCn1ccnc1)c1nc(-c2cnccn2)no1. The first-order valence-electron chi connectivity index (χ1n) is 6.67. The molecule has 1 amide bonds. The van der Waals surface area contributed by atoms with Crippen LogP contribution >= 0.6 is 0 Å². The van der Waals surface area contributed by atoms with Crippen molar-refractivity contribution in [2.75, 3.05) is 6.54 Å². The van der Waals surface area contributed by atoms with Gasteiger partial charge in [0.2, 0.25) is 5.82 Å². The molecule has 9 heteroatoms. The van der Waals surface area contributed by atoms with Gasteiger partial charge in [-0.15, -0.1) is 0 Å². The maximum Gasteiger partial charge on any atom is 0.316 e. The summed E-state index contributed by atoms with van der Waals surface area (Å²) in [7, 11) is 0. The molecule has 0 saturated carbocycles. The highest BCUT2D eigenvalue weighted by molar-refractivity contribution is 5.89. The maximum absolute atomic E-state index is 11.9. The molecule has 22 heavy (non-hydrogen) atoms. The van der Waals surface area contributed by atoms with Gasteiger partial charge in [-0.25, -0.2) is 9.97 Å². The Labute approximate surface area is 125 Å². The summed E-state index contributed by atoms with van der Waals surface area (Å²) < 4.78 is 6.86. The van der Waals surface area contributed by atoms with E-state index in [0.29, 0.717) is 12.2 Å². The molecule has 1 N–H and O–H groups in total. The fourth-order valence-corrected chi connectivity index (χ4v) is 1.79. The van der Waals surface area contributed by atoms with Crippen LogP contribution in [0.4, 0.5) is 0 Å². The number of imidazole rings is 1. The molecule has 0 atom stereocenters. The third-order valence-corrected chi connectivity index (χ3v) is 2.85. The third kappa shape index (κ3) is 3.32. The summed E-state index contributed by atoms with van der Waals surface area (Å²) in [6.45, 7) is 1.27. The summed E-state index contributed by atoms with van der Waals surface area (Å²) in [5, 5.41) is 6.44. The van der Waals surface area contributed by atoms with Crippen molar-refractivity contribution >= 4 is 5.91 Å². The first kappa shape index (κ1) is 13.9. The molecule has 3 aromatic heterocycles. The average Bonchev–Trinajstić information content (AvgIpc) is 3.24. The summed E-state index contributed by atoms with van der Waals surface area (Å²) in [5.74, 6) is -0.270. The van der Waals surface area contributed by atoms with Crippen LogP contribution in [0.5, 0.6) is 0 Å². The molecule has 0 saturated heterocycles. The number of hydrogen-bond acceptors (Lipinski definition) is 7. The standard InChI is InChI=1S/C13H13N7O2/c21-12(17-2-1-6-20-7-5-15-9-20)13-18-11(19-22-13)10-8-14-3-4-16-10/h3-5,7-9H,1-2,6H2,(H,17,21). The zero-order valence-corrected chi connectivity index (χ0v) is 11.6. The van der Waals surface area contributed by atoms with Crippen LogP contribution in [0.1, 0.15) is 17.1 Å². The van der Waals surface area contributed by atoms with E-state index < -0.39 is 5.91 Å². The second-order valence-electron chi connectivity index (χ2n) is 4.42. The van der Waals surface area contributed by atoms with Gasteiger partial charge in [-0.2, -0.15) is 4.98 Å².